The Kier molecular flexibility index (Phi) is 5.58. The van der Waals surface area contributed by atoms with Gasteiger partial charge in [0.05, 0.1) is 16.2 Å². The maximum absolute atomic E-state index is 13.1. The van der Waals surface area contributed by atoms with Crippen LogP contribution in [0.2, 0.25) is 5.02 Å². The number of rotatable bonds is 5. The smallest absolute Gasteiger partial charge is 0.263 e. The molecule has 0 aliphatic heterocycles. The van der Waals surface area contributed by atoms with E-state index in [1.54, 1.807) is 24.4 Å². The number of halogens is 2. The van der Waals surface area contributed by atoms with E-state index in [2.05, 4.69) is 15.0 Å². The molecule has 0 radical (unpaired) electrons. The molecule has 0 saturated carbocycles. The van der Waals surface area contributed by atoms with Crippen LogP contribution in [0.5, 0.6) is 0 Å². The Morgan fingerprint density at radius 3 is 2.48 bits per heavy atom. The van der Waals surface area contributed by atoms with Crippen molar-refractivity contribution in [3.05, 3.63) is 95.4 Å². The van der Waals surface area contributed by atoms with E-state index in [1.807, 2.05) is 12.1 Å². The normalized spacial score (nSPS) is 11.3. The summed E-state index contributed by atoms with van der Waals surface area (Å²) in [5.41, 5.74) is 1.36. The Labute approximate surface area is 182 Å². The predicted octanol–water partition coefficient (Wildman–Crippen LogP) is 5.08. The molecule has 0 unspecified atom stereocenters. The van der Waals surface area contributed by atoms with Crippen molar-refractivity contribution < 1.29 is 17.6 Å². The van der Waals surface area contributed by atoms with Gasteiger partial charge >= 0.3 is 0 Å². The summed E-state index contributed by atoms with van der Waals surface area (Å²) in [4.78, 5) is 16.8. The minimum atomic E-state index is -4.12. The lowest BCUT2D eigenvalue weighted by molar-refractivity contribution is 0.102. The minimum absolute atomic E-state index is 0.0574. The van der Waals surface area contributed by atoms with E-state index in [9.17, 15) is 17.6 Å². The average Bonchev–Trinajstić information content (AvgIpc) is 2.75. The maximum Gasteiger partial charge on any atom is 0.263 e. The first-order valence-electron chi connectivity index (χ1n) is 9.06. The summed E-state index contributed by atoms with van der Waals surface area (Å²) < 4.78 is 41.0. The van der Waals surface area contributed by atoms with Crippen molar-refractivity contribution >= 4 is 49.8 Å². The quantitative estimate of drug-likeness (QED) is 0.439. The highest BCUT2D eigenvalue weighted by atomic mass is 35.5. The number of para-hydroxylation sites is 1. The lowest BCUT2D eigenvalue weighted by atomic mass is 10.1. The molecule has 1 aromatic heterocycles. The van der Waals surface area contributed by atoms with Gasteiger partial charge in [-0.1, -0.05) is 29.8 Å². The van der Waals surface area contributed by atoms with E-state index in [1.165, 1.54) is 30.3 Å². The molecule has 0 atom stereocenters. The number of sulfonamides is 1. The lowest BCUT2D eigenvalue weighted by Crippen LogP contribution is -2.16. The van der Waals surface area contributed by atoms with Crippen molar-refractivity contribution in [3.8, 4) is 0 Å². The van der Waals surface area contributed by atoms with E-state index < -0.39 is 21.7 Å². The van der Waals surface area contributed by atoms with Gasteiger partial charge in [0, 0.05) is 22.8 Å². The highest BCUT2D eigenvalue weighted by Gasteiger charge is 2.21. The number of carbonyl (C=O) groups excluding carboxylic acids is 1. The van der Waals surface area contributed by atoms with Crippen LogP contribution in [-0.2, 0) is 10.0 Å². The first-order valence-corrected chi connectivity index (χ1v) is 10.9. The van der Waals surface area contributed by atoms with Gasteiger partial charge in [-0.15, -0.1) is 0 Å². The third kappa shape index (κ3) is 4.50. The summed E-state index contributed by atoms with van der Waals surface area (Å²) in [6.07, 6.45) is 1.62. The highest BCUT2D eigenvalue weighted by Crippen LogP contribution is 2.26. The van der Waals surface area contributed by atoms with E-state index in [-0.39, 0.29) is 21.2 Å². The van der Waals surface area contributed by atoms with Gasteiger partial charge in [-0.05, 0) is 54.6 Å². The second kappa shape index (κ2) is 8.33. The largest absolute Gasteiger partial charge is 0.320 e. The molecule has 31 heavy (non-hydrogen) atoms. The number of amides is 1. The van der Waals surface area contributed by atoms with Gasteiger partial charge in [0.2, 0.25) is 0 Å². The van der Waals surface area contributed by atoms with Crippen LogP contribution in [-0.4, -0.2) is 19.3 Å². The Morgan fingerprint density at radius 1 is 0.968 bits per heavy atom. The van der Waals surface area contributed by atoms with Crippen LogP contribution < -0.4 is 10.0 Å². The summed E-state index contributed by atoms with van der Waals surface area (Å²) in [6, 6.07) is 17.8. The molecule has 3 aromatic carbocycles. The topological polar surface area (TPSA) is 88.2 Å². The zero-order valence-corrected chi connectivity index (χ0v) is 17.4. The molecular formula is C22H15ClFN3O3S. The number of nitrogens with zero attached hydrogens (tertiary/aromatic N) is 1. The Morgan fingerprint density at radius 2 is 1.71 bits per heavy atom. The molecule has 2 N–H and O–H groups in total. The second-order valence-corrected chi connectivity index (χ2v) is 8.65. The highest BCUT2D eigenvalue weighted by molar-refractivity contribution is 7.92. The lowest BCUT2D eigenvalue weighted by Gasteiger charge is -2.12. The van der Waals surface area contributed by atoms with Gasteiger partial charge in [0.15, 0.2) is 0 Å². The van der Waals surface area contributed by atoms with Crippen molar-refractivity contribution in [2.45, 2.75) is 4.90 Å². The summed E-state index contributed by atoms with van der Waals surface area (Å²) in [5, 5.41) is 3.55. The first-order chi connectivity index (χ1) is 14.8. The first kappa shape index (κ1) is 20.8. The standard InChI is InChI=1S/C22H15ClFN3O3S/c23-18-11-6-15(13-20(18)31(29,30)27-17-9-7-16(24)8-10-17)22(28)26-19-5-1-3-14-4-2-12-25-21(14)19/h1-13,27H,(H,26,28). The third-order valence-corrected chi connectivity index (χ3v) is 6.32. The van der Waals surface area contributed by atoms with Gasteiger partial charge in [-0.2, -0.15) is 0 Å². The Balaban J connectivity index is 1.63. The van der Waals surface area contributed by atoms with Crippen molar-refractivity contribution in [3.63, 3.8) is 0 Å². The molecule has 0 saturated heterocycles. The zero-order chi connectivity index (χ0) is 22.0. The van der Waals surface area contributed by atoms with Gasteiger partial charge in [-0.25, -0.2) is 12.8 Å². The summed E-state index contributed by atoms with van der Waals surface area (Å²) in [5.74, 6) is -1.02. The van der Waals surface area contributed by atoms with Crippen LogP contribution >= 0.6 is 11.6 Å². The van der Waals surface area contributed by atoms with Crippen molar-refractivity contribution in [1.29, 1.82) is 0 Å². The molecule has 1 heterocycles. The molecule has 1 amide bonds. The van der Waals surface area contributed by atoms with Gasteiger partial charge in [-0.3, -0.25) is 14.5 Å². The molecule has 156 valence electrons. The van der Waals surface area contributed by atoms with E-state index in [0.29, 0.717) is 11.2 Å². The number of pyridine rings is 1. The van der Waals surface area contributed by atoms with Gasteiger partial charge < -0.3 is 5.32 Å². The fourth-order valence-corrected chi connectivity index (χ4v) is 4.56. The fraction of sp³-hybridized carbons (Fsp3) is 0. The molecule has 9 heteroatoms. The van der Waals surface area contributed by atoms with Crippen molar-refractivity contribution in [1.82, 2.24) is 4.98 Å². The molecule has 4 aromatic rings. The van der Waals surface area contributed by atoms with Crippen molar-refractivity contribution in [2.75, 3.05) is 10.0 Å². The molecule has 0 bridgehead atoms. The molecule has 0 spiro atoms. The fourth-order valence-electron chi connectivity index (χ4n) is 2.98. The summed E-state index contributed by atoms with van der Waals surface area (Å²) in [7, 11) is -4.12. The monoisotopic (exact) mass is 455 g/mol. The number of anilines is 2. The minimum Gasteiger partial charge on any atom is -0.320 e. The molecule has 6 nitrogen and oxygen atoms in total. The summed E-state index contributed by atoms with van der Waals surface area (Å²) in [6.45, 7) is 0. The van der Waals surface area contributed by atoms with Gasteiger partial charge in [0.1, 0.15) is 10.7 Å². The van der Waals surface area contributed by atoms with Crippen LogP contribution in [0.4, 0.5) is 15.8 Å². The third-order valence-electron chi connectivity index (χ3n) is 4.46. The van der Waals surface area contributed by atoms with E-state index >= 15 is 0 Å². The van der Waals surface area contributed by atoms with Crippen LogP contribution in [0.25, 0.3) is 10.9 Å². The molecule has 0 aliphatic rings. The second-order valence-electron chi connectivity index (χ2n) is 6.59. The number of aromatic nitrogens is 1. The number of hydrogen-bond donors (Lipinski definition) is 2. The zero-order valence-electron chi connectivity index (χ0n) is 15.8. The summed E-state index contributed by atoms with van der Waals surface area (Å²) >= 11 is 6.09. The van der Waals surface area contributed by atoms with Crippen LogP contribution in [0, 0.1) is 5.82 Å². The van der Waals surface area contributed by atoms with Gasteiger partial charge in [0.25, 0.3) is 15.9 Å². The number of hydrogen-bond acceptors (Lipinski definition) is 4. The number of carbonyl (C=O) groups is 1. The molecule has 4 rings (SSSR count). The van der Waals surface area contributed by atoms with Crippen molar-refractivity contribution in [2.24, 2.45) is 0 Å². The maximum atomic E-state index is 13.1. The molecule has 0 aliphatic carbocycles. The number of nitrogens with one attached hydrogen (secondary N) is 2. The average molecular weight is 456 g/mol. The Hall–Kier alpha value is -3.49. The molecular weight excluding hydrogens is 441 g/mol. The SMILES string of the molecule is O=C(Nc1cccc2cccnc12)c1ccc(Cl)c(S(=O)(=O)Nc2ccc(F)cc2)c1. The predicted molar refractivity (Wildman–Crippen MR) is 118 cm³/mol. The van der Waals surface area contributed by atoms with E-state index in [4.69, 9.17) is 11.6 Å². The molecule has 0 fully saturated rings. The van der Waals surface area contributed by atoms with Crippen LogP contribution in [0.15, 0.2) is 83.9 Å². The number of fused-ring (bicyclic) bond motifs is 1. The Bertz CT molecular complexity index is 1390. The van der Waals surface area contributed by atoms with Crippen LogP contribution in [0.1, 0.15) is 10.4 Å². The van der Waals surface area contributed by atoms with E-state index in [0.717, 1.165) is 17.5 Å². The van der Waals surface area contributed by atoms with Crippen LogP contribution in [0.3, 0.4) is 0 Å². The number of benzene rings is 3.